The Bertz CT molecular complexity index is 1250. The van der Waals surface area contributed by atoms with E-state index in [-0.39, 0.29) is 34.5 Å². The number of ether oxygens (including phenoxy) is 2. The number of halogens is 1. The monoisotopic (exact) mass is 888 g/mol. The summed E-state index contributed by atoms with van der Waals surface area (Å²) in [6, 6.07) is 11.2. The van der Waals surface area contributed by atoms with Gasteiger partial charge in [-0.15, -0.1) is 0 Å². The van der Waals surface area contributed by atoms with Gasteiger partial charge in [0.1, 0.15) is 11.9 Å². The summed E-state index contributed by atoms with van der Waals surface area (Å²) >= 11 is 2.27. The average Bonchev–Trinajstić information content (AvgIpc) is 3.04. The van der Waals surface area contributed by atoms with Crippen LogP contribution in [0.25, 0.3) is 0 Å². The van der Waals surface area contributed by atoms with Gasteiger partial charge < -0.3 is 27.9 Å². The predicted octanol–water partition coefficient (Wildman–Crippen LogP) is 12.4. The molecule has 1 rings (SSSR count). The van der Waals surface area contributed by atoms with Crippen molar-refractivity contribution in [1.82, 2.24) is 0 Å². The molecule has 52 heavy (non-hydrogen) atoms. The first-order valence-electron chi connectivity index (χ1n) is 19.7. The lowest BCUT2D eigenvalue weighted by Crippen LogP contribution is -2.47. The predicted molar refractivity (Wildman–Crippen MR) is 238 cm³/mol. The average molecular weight is 889 g/mol. The van der Waals surface area contributed by atoms with Gasteiger partial charge in [-0.2, -0.15) is 0 Å². The Labute approximate surface area is 337 Å². The summed E-state index contributed by atoms with van der Waals surface area (Å²) in [4.78, 5) is 0. The van der Waals surface area contributed by atoms with Crippen molar-refractivity contribution in [1.29, 1.82) is 0 Å². The van der Waals surface area contributed by atoms with Gasteiger partial charge in [-0.3, -0.25) is 0 Å². The Morgan fingerprint density at radius 2 is 1.35 bits per heavy atom. The van der Waals surface area contributed by atoms with E-state index in [1.54, 1.807) is 7.11 Å². The zero-order valence-corrected chi connectivity index (χ0v) is 41.2. The second kappa shape index (κ2) is 22.3. The first kappa shape index (κ1) is 49.5. The minimum atomic E-state index is -2.13. The summed E-state index contributed by atoms with van der Waals surface area (Å²) in [5.41, 5.74) is 2.28. The lowest BCUT2D eigenvalue weighted by atomic mass is 10.0. The van der Waals surface area contributed by atoms with Crippen molar-refractivity contribution in [3.8, 4) is 17.6 Å². The second-order valence-corrected chi connectivity index (χ2v) is 32.7. The highest BCUT2D eigenvalue weighted by atomic mass is 127. The van der Waals surface area contributed by atoms with Crippen LogP contribution in [0.3, 0.4) is 0 Å². The van der Waals surface area contributed by atoms with Crippen molar-refractivity contribution in [3.05, 3.63) is 39.5 Å². The van der Waals surface area contributed by atoms with Crippen molar-refractivity contribution in [2.45, 2.75) is 200 Å². The van der Waals surface area contributed by atoms with Crippen LogP contribution in [-0.2, 0) is 24.6 Å². The summed E-state index contributed by atoms with van der Waals surface area (Å²) in [6.07, 6.45) is 2.36. The maximum absolute atomic E-state index is 11.2. The quantitative estimate of drug-likeness (QED) is 0.0711. The molecule has 300 valence electrons. The third-order valence-electron chi connectivity index (χ3n) is 11.5. The Hall–Kier alpha value is -0.499. The van der Waals surface area contributed by atoms with E-state index in [4.69, 9.17) is 22.8 Å². The number of benzene rings is 1. The Morgan fingerprint density at radius 3 is 1.83 bits per heavy atom. The van der Waals surface area contributed by atoms with Gasteiger partial charge in [-0.05, 0) is 109 Å². The molecule has 5 atom stereocenters. The van der Waals surface area contributed by atoms with Crippen molar-refractivity contribution in [2.24, 2.45) is 0 Å². The van der Waals surface area contributed by atoms with Crippen LogP contribution < -0.4 is 4.74 Å². The lowest BCUT2D eigenvalue weighted by molar-refractivity contribution is 0.0151. The van der Waals surface area contributed by atoms with E-state index in [0.29, 0.717) is 19.4 Å². The highest BCUT2D eigenvalue weighted by Crippen LogP contribution is 2.40. The van der Waals surface area contributed by atoms with Crippen LogP contribution in [0.2, 0.25) is 54.4 Å². The van der Waals surface area contributed by atoms with Crippen LogP contribution in [0.5, 0.6) is 5.75 Å². The molecule has 0 saturated carbocycles. The third kappa shape index (κ3) is 17.1. The molecule has 1 aromatic carbocycles. The fraction of sp³-hybridized carbons (Fsp3) is 0.762. The zero-order chi connectivity index (χ0) is 40.0. The van der Waals surface area contributed by atoms with Gasteiger partial charge in [0.25, 0.3) is 0 Å². The van der Waals surface area contributed by atoms with Gasteiger partial charge in [0, 0.05) is 25.0 Å². The lowest BCUT2D eigenvalue weighted by Gasteiger charge is -2.42. The van der Waals surface area contributed by atoms with Crippen molar-refractivity contribution in [3.63, 3.8) is 0 Å². The zero-order valence-electron chi connectivity index (χ0n) is 36.0. The maximum atomic E-state index is 11.2. The Kier molecular flexibility index (Phi) is 21.2. The van der Waals surface area contributed by atoms with E-state index in [1.807, 2.05) is 24.3 Å². The maximum Gasteiger partial charge on any atom is 0.192 e. The molecule has 10 heteroatoms. The van der Waals surface area contributed by atoms with E-state index in [0.717, 1.165) is 48.7 Å². The summed E-state index contributed by atoms with van der Waals surface area (Å²) in [5, 5.41) is 11.4. The molecule has 1 N–H and O–H groups in total. The smallest absolute Gasteiger partial charge is 0.192 e. The number of methoxy groups -OCH3 is 1. The molecule has 0 amide bonds. The van der Waals surface area contributed by atoms with Crippen molar-refractivity contribution in [2.75, 3.05) is 7.11 Å². The fourth-order valence-corrected chi connectivity index (χ4v) is 11.8. The van der Waals surface area contributed by atoms with Gasteiger partial charge in [0.2, 0.25) is 0 Å². The Morgan fingerprint density at radius 1 is 0.808 bits per heavy atom. The van der Waals surface area contributed by atoms with Crippen LogP contribution in [0, 0.1) is 11.8 Å². The number of aliphatic hydroxyl groups is 1. The van der Waals surface area contributed by atoms with Crippen LogP contribution >= 0.6 is 22.6 Å². The largest absolute Gasteiger partial charge is 0.497 e. The SMILES string of the molecule is CC[Si](CC)(CC)O[C@H](C[C@H](CC#CC(O)C[C@H](C/C(C)=C/I)OCc1ccc(OC)cc1)O[Si](C)(C)C(C)(C)C)C[C@@H](C)O[Si](C)(C)C(C)(C)C. The second-order valence-electron chi connectivity index (χ2n) is 17.9. The molecule has 0 saturated heterocycles. The summed E-state index contributed by atoms with van der Waals surface area (Å²) in [7, 11) is -4.33. The highest BCUT2D eigenvalue weighted by Gasteiger charge is 2.42. The summed E-state index contributed by atoms with van der Waals surface area (Å²) in [6.45, 7) is 34.8. The summed E-state index contributed by atoms with van der Waals surface area (Å²) < 4.78 is 35.0. The standard InChI is InChI=1S/C42H77IO6Si3/c1-17-52(18-2,19-3)49-40(28-34(5)47-50(13,14)41(6,7)8)30-38(48-51(15,16)42(9,10)11)22-20-21-36(44)29-39(27-33(4)31-43)46-32-35-23-25-37(45-12)26-24-35/h23-26,31,34,36,38-40,44H,17-19,22,27-30,32H2,1-16H3/b33-31+/t34-,36?,38+,39+,40+/m1/s1. The molecular formula is C42H77IO6Si3. The van der Waals surface area contributed by atoms with E-state index < -0.39 is 31.1 Å². The van der Waals surface area contributed by atoms with Gasteiger partial charge in [-0.25, -0.2) is 0 Å². The molecule has 0 fully saturated rings. The molecule has 6 nitrogen and oxygen atoms in total. The van der Waals surface area contributed by atoms with E-state index >= 15 is 0 Å². The highest BCUT2D eigenvalue weighted by molar-refractivity contribution is 14.1. The van der Waals surface area contributed by atoms with E-state index in [9.17, 15) is 5.11 Å². The van der Waals surface area contributed by atoms with Gasteiger partial charge >= 0.3 is 0 Å². The summed E-state index contributed by atoms with van der Waals surface area (Å²) in [5.74, 6) is 7.39. The molecule has 0 bridgehead atoms. The van der Waals surface area contributed by atoms with Gasteiger partial charge in [0.15, 0.2) is 25.0 Å². The first-order valence-corrected chi connectivity index (χ1v) is 29.3. The van der Waals surface area contributed by atoms with E-state index in [1.165, 1.54) is 5.57 Å². The van der Waals surface area contributed by atoms with Crippen LogP contribution in [0.1, 0.15) is 114 Å². The number of hydrogen-bond acceptors (Lipinski definition) is 6. The Balaban J connectivity index is 3.33. The molecule has 0 aliphatic carbocycles. The van der Waals surface area contributed by atoms with Crippen molar-refractivity contribution >= 4 is 47.5 Å². The topological polar surface area (TPSA) is 66.4 Å². The molecule has 0 aliphatic rings. The number of rotatable bonds is 22. The molecule has 0 aliphatic heterocycles. The molecule has 0 radical (unpaired) electrons. The first-order chi connectivity index (χ1) is 24.0. The molecule has 0 heterocycles. The van der Waals surface area contributed by atoms with Gasteiger partial charge in [0.05, 0.1) is 25.9 Å². The van der Waals surface area contributed by atoms with Gasteiger partial charge in [-0.1, -0.05) is 114 Å². The minimum absolute atomic E-state index is 0.0200. The molecular weight excluding hydrogens is 812 g/mol. The molecule has 0 aromatic heterocycles. The van der Waals surface area contributed by atoms with Crippen LogP contribution in [-0.4, -0.2) is 67.7 Å². The molecule has 0 spiro atoms. The van der Waals surface area contributed by atoms with Crippen LogP contribution in [0.4, 0.5) is 0 Å². The molecule has 1 aromatic rings. The number of aliphatic hydroxyl groups excluding tert-OH is 1. The normalized spacial score (nSPS) is 16.5. The minimum Gasteiger partial charge on any atom is -0.497 e. The van der Waals surface area contributed by atoms with Crippen molar-refractivity contribution < 1.29 is 27.9 Å². The number of hydrogen-bond donors (Lipinski definition) is 1. The van der Waals surface area contributed by atoms with E-state index in [2.05, 4.69) is 141 Å². The third-order valence-corrected chi connectivity index (χ3v) is 26.4. The fourth-order valence-electron chi connectivity index (χ4n) is 5.85. The molecule has 1 unspecified atom stereocenters. The van der Waals surface area contributed by atoms with Crippen LogP contribution in [0.15, 0.2) is 33.9 Å².